The summed E-state index contributed by atoms with van der Waals surface area (Å²) in [5, 5.41) is 9.13. The van der Waals surface area contributed by atoms with Gasteiger partial charge in [-0.05, 0) is 19.8 Å². The molecule has 0 atom stereocenters. The summed E-state index contributed by atoms with van der Waals surface area (Å²) in [6.45, 7) is 5.83. The molecule has 0 amide bonds. The van der Waals surface area contributed by atoms with Gasteiger partial charge in [-0.15, -0.1) is 0 Å². The minimum Gasteiger partial charge on any atom is -0.390 e. The summed E-state index contributed by atoms with van der Waals surface area (Å²) in [6.07, 6.45) is 1.70. The van der Waals surface area contributed by atoms with Crippen LogP contribution in [0.5, 0.6) is 0 Å². The van der Waals surface area contributed by atoms with E-state index in [1.807, 2.05) is 20.8 Å². The fraction of sp³-hybridized carbons (Fsp3) is 1.00. The van der Waals surface area contributed by atoms with Crippen LogP contribution in [-0.2, 0) is 26.2 Å². The molecule has 0 saturated heterocycles. The molecule has 0 aromatic rings. The van der Waals surface area contributed by atoms with Crippen molar-refractivity contribution < 1.29 is 31.3 Å². The van der Waals surface area contributed by atoms with E-state index in [9.17, 15) is 0 Å². The molecule has 0 aromatic carbocycles. The molecule has 2 heteroatoms. The van der Waals surface area contributed by atoms with Gasteiger partial charge in [0.1, 0.15) is 0 Å². The molecule has 0 bridgehead atoms. The Morgan fingerprint density at radius 1 is 1.25 bits per heavy atom. The fourth-order valence-corrected chi connectivity index (χ4v) is 0.250. The van der Waals surface area contributed by atoms with Crippen LogP contribution in [0.2, 0.25) is 0 Å². The number of hydrogen-bond acceptors (Lipinski definition) is 1. The Balaban J connectivity index is 0. The zero-order chi connectivity index (χ0) is 5.91. The first kappa shape index (κ1) is 11.6. The summed E-state index contributed by atoms with van der Waals surface area (Å²) in [6, 6.07) is 0. The molecule has 0 heterocycles. The van der Waals surface area contributed by atoms with Crippen LogP contribution < -0.4 is 0 Å². The average Bonchev–Trinajstić information content (AvgIpc) is 1.68. The van der Waals surface area contributed by atoms with Gasteiger partial charge in [-0.25, -0.2) is 0 Å². The van der Waals surface area contributed by atoms with Gasteiger partial charge in [0, 0.05) is 26.2 Å². The van der Waals surface area contributed by atoms with Gasteiger partial charge in [0.2, 0.25) is 0 Å². The summed E-state index contributed by atoms with van der Waals surface area (Å²) in [5.74, 6) is 0. The number of hydrogen-bond donors (Lipinski definition) is 1. The molecule has 0 aliphatic heterocycles. The molecule has 0 saturated carbocycles. The Morgan fingerprint density at radius 3 is 1.50 bits per heavy atom. The normalized spacial score (nSPS) is 10.5. The van der Waals surface area contributed by atoms with Gasteiger partial charge in [-0.1, -0.05) is 13.8 Å². The van der Waals surface area contributed by atoms with E-state index in [1.54, 1.807) is 0 Å². The molecule has 1 N–H and O–H groups in total. The summed E-state index contributed by atoms with van der Waals surface area (Å²) in [5.41, 5.74) is -0.417. The first-order valence-electron chi connectivity index (χ1n) is 2.84. The SMILES string of the molecule is CCC(C)(O)CC.[Zr]. The average molecular weight is 193 g/mol. The largest absolute Gasteiger partial charge is 0.390 e. The third-order valence-electron chi connectivity index (χ3n) is 1.52. The first-order valence-corrected chi connectivity index (χ1v) is 2.84. The van der Waals surface area contributed by atoms with E-state index in [0.717, 1.165) is 12.8 Å². The summed E-state index contributed by atoms with van der Waals surface area (Å²) < 4.78 is 0. The Bertz CT molecular complexity index is 46.5. The van der Waals surface area contributed by atoms with E-state index in [4.69, 9.17) is 5.11 Å². The molecule has 8 heavy (non-hydrogen) atoms. The fourth-order valence-electron chi connectivity index (χ4n) is 0.250. The van der Waals surface area contributed by atoms with Crippen molar-refractivity contribution in [3.8, 4) is 0 Å². The van der Waals surface area contributed by atoms with Gasteiger partial charge in [0.15, 0.2) is 0 Å². The molecular weight excluding hydrogens is 179 g/mol. The van der Waals surface area contributed by atoms with Crippen molar-refractivity contribution in [1.82, 2.24) is 0 Å². The topological polar surface area (TPSA) is 20.2 Å². The molecule has 0 aromatic heterocycles. The predicted octanol–water partition coefficient (Wildman–Crippen LogP) is 1.55. The van der Waals surface area contributed by atoms with E-state index >= 15 is 0 Å². The van der Waals surface area contributed by atoms with Crippen LogP contribution in [0.1, 0.15) is 33.6 Å². The Hall–Kier alpha value is 0.843. The van der Waals surface area contributed by atoms with Gasteiger partial charge < -0.3 is 5.11 Å². The molecule has 0 unspecified atom stereocenters. The van der Waals surface area contributed by atoms with Crippen molar-refractivity contribution in [3.05, 3.63) is 0 Å². The maximum Gasteiger partial charge on any atom is 0.0614 e. The monoisotopic (exact) mass is 192 g/mol. The van der Waals surface area contributed by atoms with Crippen LogP contribution in [0.3, 0.4) is 0 Å². The standard InChI is InChI=1S/C6H14O.Zr/c1-4-6(3,7)5-2;/h7H,4-5H2,1-3H3;. The molecule has 0 aliphatic carbocycles. The van der Waals surface area contributed by atoms with Gasteiger partial charge in [0.25, 0.3) is 0 Å². The van der Waals surface area contributed by atoms with Gasteiger partial charge in [0.05, 0.1) is 5.60 Å². The predicted molar refractivity (Wildman–Crippen MR) is 31.2 cm³/mol. The van der Waals surface area contributed by atoms with Crippen LogP contribution in [0.4, 0.5) is 0 Å². The van der Waals surface area contributed by atoms with E-state index in [1.165, 1.54) is 0 Å². The van der Waals surface area contributed by atoms with Crippen LogP contribution in [0.15, 0.2) is 0 Å². The molecular formula is C6H14OZr. The van der Waals surface area contributed by atoms with Crippen LogP contribution in [-0.4, -0.2) is 10.7 Å². The second kappa shape index (κ2) is 4.70. The Labute approximate surface area is 70.6 Å². The third kappa shape index (κ3) is 4.99. The minimum absolute atomic E-state index is 0. The molecule has 48 valence electrons. The Morgan fingerprint density at radius 2 is 1.50 bits per heavy atom. The van der Waals surface area contributed by atoms with E-state index in [0.29, 0.717) is 0 Å². The third-order valence-corrected chi connectivity index (χ3v) is 1.52. The van der Waals surface area contributed by atoms with E-state index in [-0.39, 0.29) is 26.2 Å². The molecule has 0 radical (unpaired) electrons. The zero-order valence-corrected chi connectivity index (χ0v) is 8.32. The minimum atomic E-state index is -0.417. The molecule has 0 spiro atoms. The van der Waals surface area contributed by atoms with Crippen LogP contribution in [0.25, 0.3) is 0 Å². The van der Waals surface area contributed by atoms with Crippen LogP contribution in [0, 0.1) is 0 Å². The van der Waals surface area contributed by atoms with Crippen LogP contribution >= 0.6 is 0 Å². The summed E-state index contributed by atoms with van der Waals surface area (Å²) in [7, 11) is 0. The first-order chi connectivity index (χ1) is 3.12. The number of rotatable bonds is 2. The molecule has 0 fully saturated rings. The second-order valence-corrected chi connectivity index (χ2v) is 2.20. The smallest absolute Gasteiger partial charge is 0.0614 e. The molecule has 1 nitrogen and oxygen atoms in total. The maximum absolute atomic E-state index is 9.13. The zero-order valence-electron chi connectivity index (χ0n) is 5.86. The summed E-state index contributed by atoms with van der Waals surface area (Å²) >= 11 is 0. The summed E-state index contributed by atoms with van der Waals surface area (Å²) in [4.78, 5) is 0. The van der Waals surface area contributed by atoms with Crippen molar-refractivity contribution in [2.45, 2.75) is 39.2 Å². The van der Waals surface area contributed by atoms with Gasteiger partial charge >= 0.3 is 0 Å². The van der Waals surface area contributed by atoms with Crippen molar-refractivity contribution in [2.24, 2.45) is 0 Å². The van der Waals surface area contributed by atoms with Gasteiger partial charge in [-0.2, -0.15) is 0 Å². The maximum atomic E-state index is 9.13. The van der Waals surface area contributed by atoms with Gasteiger partial charge in [-0.3, -0.25) is 0 Å². The Kier molecular flexibility index (Phi) is 6.82. The second-order valence-electron chi connectivity index (χ2n) is 2.20. The van der Waals surface area contributed by atoms with Crippen molar-refractivity contribution >= 4 is 0 Å². The quantitative estimate of drug-likeness (QED) is 0.705. The van der Waals surface area contributed by atoms with Crippen molar-refractivity contribution in [2.75, 3.05) is 0 Å². The van der Waals surface area contributed by atoms with E-state index < -0.39 is 5.60 Å². The molecule has 0 aliphatic rings. The van der Waals surface area contributed by atoms with E-state index in [2.05, 4.69) is 0 Å². The van der Waals surface area contributed by atoms with Crippen molar-refractivity contribution in [1.29, 1.82) is 0 Å². The molecule has 0 rings (SSSR count). The van der Waals surface area contributed by atoms with Crippen molar-refractivity contribution in [3.63, 3.8) is 0 Å². The number of aliphatic hydroxyl groups is 1.